The van der Waals surface area contributed by atoms with Crippen LogP contribution in [0.2, 0.25) is 0 Å². The number of hydrazone groups is 1. The summed E-state index contributed by atoms with van der Waals surface area (Å²) in [4.78, 5) is 1.31. The normalized spacial score (nSPS) is 14.1. The van der Waals surface area contributed by atoms with Crippen LogP contribution in [-0.2, 0) is 7.05 Å². The van der Waals surface area contributed by atoms with E-state index in [4.69, 9.17) is 5.73 Å². The summed E-state index contributed by atoms with van der Waals surface area (Å²) in [5.74, 6) is 1.80. The van der Waals surface area contributed by atoms with Crippen LogP contribution in [-0.4, -0.2) is 40.2 Å². The number of nitrogens with two attached hydrogens (primary N) is 1. The minimum Gasteiger partial charge on any atom is -0.289 e. The Morgan fingerprint density at radius 2 is 1.94 bits per heavy atom. The number of imidazole rings is 1. The predicted molar refractivity (Wildman–Crippen MR) is 129 cm³/mol. The van der Waals surface area contributed by atoms with Gasteiger partial charge < -0.3 is 0 Å². The SMILES string of the molecule is CCCCSc1ccc2n(C)c(-c3ccc(/C=N/NC(N)=[N+]4CCCC4)cc3)c[n+]2c1. The summed E-state index contributed by atoms with van der Waals surface area (Å²) < 4.78 is 6.59. The number of pyridine rings is 1. The zero-order chi connectivity index (χ0) is 21.6. The van der Waals surface area contributed by atoms with Gasteiger partial charge in [-0.3, -0.25) is 10.3 Å². The van der Waals surface area contributed by atoms with Crippen molar-refractivity contribution in [2.45, 2.75) is 37.5 Å². The van der Waals surface area contributed by atoms with Crippen molar-refractivity contribution in [1.82, 2.24) is 9.99 Å². The molecule has 1 fully saturated rings. The van der Waals surface area contributed by atoms with Crippen LogP contribution in [0.3, 0.4) is 0 Å². The fraction of sp³-hybridized carbons (Fsp3) is 0.375. The number of aromatic nitrogens is 2. The van der Waals surface area contributed by atoms with Crippen LogP contribution in [0.4, 0.5) is 0 Å². The third kappa shape index (κ3) is 5.10. The van der Waals surface area contributed by atoms with Crippen LogP contribution in [0.5, 0.6) is 0 Å². The first kappa shape index (κ1) is 21.4. The molecule has 6 nitrogen and oxygen atoms in total. The molecule has 0 bridgehead atoms. The van der Waals surface area contributed by atoms with Crippen molar-refractivity contribution in [2.75, 3.05) is 18.8 Å². The summed E-state index contributed by atoms with van der Waals surface area (Å²) in [6.45, 7) is 4.24. The van der Waals surface area contributed by atoms with Gasteiger partial charge in [0.25, 0.3) is 5.65 Å². The van der Waals surface area contributed by atoms with E-state index in [1.165, 1.54) is 53.2 Å². The third-order valence-electron chi connectivity index (χ3n) is 5.71. The van der Waals surface area contributed by atoms with E-state index in [-0.39, 0.29) is 0 Å². The maximum atomic E-state index is 6.05. The number of unbranched alkanes of at least 4 members (excludes halogenated alkanes) is 1. The van der Waals surface area contributed by atoms with E-state index < -0.39 is 0 Å². The molecule has 0 atom stereocenters. The molecule has 0 aliphatic carbocycles. The lowest BCUT2D eigenvalue weighted by atomic mass is 10.1. The number of rotatable bonds is 7. The summed E-state index contributed by atoms with van der Waals surface area (Å²) in [7, 11) is 2.12. The second-order valence-corrected chi connectivity index (χ2v) is 9.15. The molecule has 0 saturated carbocycles. The largest absolute Gasteiger partial charge is 0.367 e. The third-order valence-corrected chi connectivity index (χ3v) is 6.77. The topological polar surface area (TPSA) is 62.5 Å². The van der Waals surface area contributed by atoms with Gasteiger partial charge in [0.15, 0.2) is 5.69 Å². The Kier molecular flexibility index (Phi) is 6.92. The highest BCUT2D eigenvalue weighted by Gasteiger charge is 2.16. The molecule has 0 radical (unpaired) electrons. The van der Waals surface area contributed by atoms with Gasteiger partial charge in [-0.15, -0.1) is 16.9 Å². The zero-order valence-electron chi connectivity index (χ0n) is 18.4. The average molecular weight is 437 g/mol. The van der Waals surface area contributed by atoms with E-state index in [1.54, 1.807) is 0 Å². The van der Waals surface area contributed by atoms with Gasteiger partial charge in [0.1, 0.15) is 12.4 Å². The Bertz CT molecular complexity index is 1090. The molecule has 1 aliphatic rings. The van der Waals surface area contributed by atoms with Gasteiger partial charge in [0.2, 0.25) is 0 Å². The molecule has 0 amide bonds. The Hall–Kier alpha value is -2.80. The Balaban J connectivity index is 1.47. The number of hydrogen-bond donors (Lipinski definition) is 2. The number of benzene rings is 1. The summed E-state index contributed by atoms with van der Waals surface area (Å²) in [6, 6.07) is 12.9. The van der Waals surface area contributed by atoms with Crippen LogP contribution in [0.1, 0.15) is 38.2 Å². The molecule has 3 N–H and O–H groups in total. The molecule has 31 heavy (non-hydrogen) atoms. The van der Waals surface area contributed by atoms with E-state index in [9.17, 15) is 0 Å². The summed E-state index contributed by atoms with van der Waals surface area (Å²) >= 11 is 1.93. The molecule has 2 aromatic heterocycles. The van der Waals surface area contributed by atoms with Crippen molar-refractivity contribution in [3.8, 4) is 11.3 Å². The lowest BCUT2D eigenvalue weighted by Gasteiger charge is -2.00. The molecule has 1 aromatic carbocycles. The van der Waals surface area contributed by atoms with Gasteiger partial charge in [-0.05, 0) is 48.8 Å². The van der Waals surface area contributed by atoms with Crippen molar-refractivity contribution >= 4 is 29.6 Å². The van der Waals surface area contributed by atoms with Crippen molar-refractivity contribution < 1.29 is 8.98 Å². The molecular formula is C24H32N6S+2. The van der Waals surface area contributed by atoms with E-state index in [0.29, 0.717) is 5.96 Å². The minimum absolute atomic E-state index is 0.630. The van der Waals surface area contributed by atoms with Gasteiger partial charge >= 0.3 is 5.96 Å². The van der Waals surface area contributed by atoms with Gasteiger partial charge in [-0.1, -0.05) is 25.5 Å². The molecule has 4 rings (SSSR count). The first-order valence-electron chi connectivity index (χ1n) is 11.1. The van der Waals surface area contributed by atoms with Crippen LogP contribution >= 0.6 is 11.8 Å². The average Bonchev–Trinajstić information content (AvgIpc) is 3.43. The van der Waals surface area contributed by atoms with Crippen molar-refractivity contribution in [1.29, 1.82) is 0 Å². The lowest BCUT2D eigenvalue weighted by molar-refractivity contribution is -0.512. The number of fused-ring (bicyclic) bond motifs is 1. The molecule has 3 heterocycles. The van der Waals surface area contributed by atoms with E-state index in [0.717, 1.165) is 18.7 Å². The summed E-state index contributed by atoms with van der Waals surface area (Å²) in [6.07, 6.45) is 11.1. The predicted octanol–water partition coefficient (Wildman–Crippen LogP) is 3.37. The maximum Gasteiger partial charge on any atom is 0.367 e. The van der Waals surface area contributed by atoms with Crippen LogP contribution in [0.25, 0.3) is 16.9 Å². The Labute approximate surface area is 188 Å². The molecule has 0 spiro atoms. The fourth-order valence-corrected chi connectivity index (χ4v) is 4.87. The molecule has 3 aromatic rings. The number of nitrogens with one attached hydrogen (secondary N) is 1. The second kappa shape index (κ2) is 10.0. The lowest BCUT2D eigenvalue weighted by Crippen LogP contribution is -2.37. The Morgan fingerprint density at radius 3 is 2.68 bits per heavy atom. The highest BCUT2D eigenvalue weighted by molar-refractivity contribution is 7.99. The van der Waals surface area contributed by atoms with Gasteiger partial charge in [0, 0.05) is 16.5 Å². The van der Waals surface area contributed by atoms with Crippen molar-refractivity contribution in [3.05, 3.63) is 54.4 Å². The molecular weight excluding hydrogens is 404 g/mol. The maximum absolute atomic E-state index is 6.05. The minimum atomic E-state index is 0.630. The van der Waals surface area contributed by atoms with Gasteiger partial charge in [-0.25, -0.2) is 8.97 Å². The van der Waals surface area contributed by atoms with Gasteiger partial charge in [0.05, 0.1) is 26.4 Å². The van der Waals surface area contributed by atoms with Crippen LogP contribution < -0.4 is 15.6 Å². The van der Waals surface area contributed by atoms with Crippen molar-refractivity contribution in [2.24, 2.45) is 17.9 Å². The number of nitrogens with zero attached hydrogens (tertiary/aromatic N) is 4. The highest BCUT2D eigenvalue weighted by atomic mass is 32.2. The Morgan fingerprint density at radius 1 is 1.16 bits per heavy atom. The molecule has 0 unspecified atom stereocenters. The van der Waals surface area contributed by atoms with Gasteiger partial charge in [-0.2, -0.15) is 5.43 Å². The number of hydrogen-bond acceptors (Lipinski definition) is 2. The quantitative estimate of drug-likeness (QED) is 0.149. The highest BCUT2D eigenvalue weighted by Crippen LogP contribution is 2.22. The zero-order valence-corrected chi connectivity index (χ0v) is 19.2. The standard InChI is InChI=1S/C24H31N6S/c1-3-4-15-31-21-11-12-23-28(2)22(18-30(23)17-21)20-9-7-19(8-10-20)16-26-27-24(25)29-13-5-6-14-29/h7-12,16-18H,3-6,13-15H2,1-2H3,(H2,25,27)/q+1/p+1/b26-16+. The molecule has 162 valence electrons. The summed E-state index contributed by atoms with van der Waals surface area (Å²) in [5, 5.41) is 4.29. The number of thioether (sulfide) groups is 1. The number of guanidine groups is 1. The number of aryl methyl sites for hydroxylation is 1. The van der Waals surface area contributed by atoms with Crippen LogP contribution in [0, 0.1) is 0 Å². The summed E-state index contributed by atoms with van der Waals surface area (Å²) in [5.41, 5.74) is 13.6. The first-order valence-corrected chi connectivity index (χ1v) is 12.0. The monoisotopic (exact) mass is 436 g/mol. The molecule has 1 aliphatic heterocycles. The van der Waals surface area contributed by atoms with Crippen molar-refractivity contribution in [3.63, 3.8) is 0 Å². The van der Waals surface area contributed by atoms with Crippen LogP contribution in [0.15, 0.2) is 58.8 Å². The first-order chi connectivity index (χ1) is 15.2. The smallest absolute Gasteiger partial charge is 0.289 e. The fourth-order valence-electron chi connectivity index (χ4n) is 3.85. The van der Waals surface area contributed by atoms with E-state index in [1.807, 2.05) is 18.0 Å². The molecule has 1 saturated heterocycles. The molecule has 7 heteroatoms. The second-order valence-electron chi connectivity index (χ2n) is 7.98. The van der Waals surface area contributed by atoms with E-state index in [2.05, 4.69) is 86.8 Å². The van der Waals surface area contributed by atoms with E-state index >= 15 is 0 Å².